The van der Waals surface area contributed by atoms with Gasteiger partial charge in [-0.05, 0) is 60.2 Å². The van der Waals surface area contributed by atoms with Crippen molar-refractivity contribution in [2.45, 2.75) is 39.3 Å². The van der Waals surface area contributed by atoms with Crippen molar-refractivity contribution in [3.05, 3.63) is 64.5 Å². The first kappa shape index (κ1) is 26.8. The third kappa shape index (κ3) is 4.96. The highest BCUT2D eigenvalue weighted by atomic mass is 32.2. The number of benzene rings is 2. The van der Waals surface area contributed by atoms with Gasteiger partial charge in [-0.1, -0.05) is 13.0 Å². The van der Waals surface area contributed by atoms with Gasteiger partial charge >= 0.3 is 0 Å². The van der Waals surface area contributed by atoms with Crippen molar-refractivity contribution in [3.63, 3.8) is 0 Å². The average Bonchev–Trinajstić information content (AvgIpc) is 3.60. The second kappa shape index (κ2) is 11.1. The van der Waals surface area contributed by atoms with Gasteiger partial charge in [-0.2, -0.15) is 0 Å². The second-order valence-electron chi connectivity index (χ2n) is 8.91. The van der Waals surface area contributed by atoms with Gasteiger partial charge in [-0.25, -0.2) is 13.3 Å². The Bertz CT molecular complexity index is 1420. The van der Waals surface area contributed by atoms with Gasteiger partial charge in [0.2, 0.25) is 5.91 Å². The molecule has 200 valence electrons. The smallest absolute Gasteiger partial charge is 0.272 e. The molecule has 14 heteroatoms. The fourth-order valence-corrected chi connectivity index (χ4v) is 5.48. The van der Waals surface area contributed by atoms with Crippen molar-refractivity contribution in [1.29, 1.82) is 5.41 Å². The molecule has 2 heterocycles. The van der Waals surface area contributed by atoms with E-state index in [0.29, 0.717) is 34.5 Å². The fourth-order valence-electron chi connectivity index (χ4n) is 4.59. The fraction of sp³-hybridized carbons (Fsp3) is 0.292. The number of amides is 1. The average molecular weight is 584 g/mol. The number of carbonyl (C=O) groups is 1. The van der Waals surface area contributed by atoms with Crippen molar-refractivity contribution in [1.82, 2.24) is 13.9 Å². The van der Waals surface area contributed by atoms with E-state index in [4.69, 9.17) is 5.41 Å². The molecule has 0 unspecified atom stereocenters. The van der Waals surface area contributed by atoms with Crippen LogP contribution in [0.1, 0.15) is 48.1 Å². The monoisotopic (exact) mass is 583 g/mol. The number of nitrogens with zero attached hydrogens (tertiary/aromatic N) is 3. The lowest BCUT2D eigenvalue weighted by molar-refractivity contribution is -0.133. The van der Waals surface area contributed by atoms with E-state index in [0.717, 1.165) is 12.8 Å². The van der Waals surface area contributed by atoms with Gasteiger partial charge in [-0.3, -0.25) is 10.2 Å². The second-order valence-corrected chi connectivity index (χ2v) is 10.1. The summed E-state index contributed by atoms with van der Waals surface area (Å²) in [7, 11) is 0. The molecule has 1 aliphatic heterocycles. The zero-order chi connectivity index (χ0) is 27.0. The molecule has 1 aliphatic carbocycles. The maximum atomic E-state index is 14.5. The van der Waals surface area contributed by atoms with E-state index in [-0.39, 0.29) is 78.1 Å². The number of nitrogens with one attached hydrogen (secondary N) is 2. The predicted molar refractivity (Wildman–Crippen MR) is 142 cm³/mol. The highest BCUT2D eigenvalue weighted by Gasteiger charge is 2.38. The Hall–Kier alpha value is -2.84. The molecule has 0 bridgehead atoms. The molecule has 38 heavy (non-hydrogen) atoms. The summed E-state index contributed by atoms with van der Waals surface area (Å²) >= 11 is -0.744. The van der Waals surface area contributed by atoms with Crippen molar-refractivity contribution in [3.8, 4) is 16.9 Å². The number of hydrogen-bond acceptors (Lipinski definition) is 8. The normalized spacial score (nSPS) is 14.5. The number of halogens is 4. The third-order valence-corrected chi connectivity index (χ3v) is 7.70. The Labute approximate surface area is 229 Å². The summed E-state index contributed by atoms with van der Waals surface area (Å²) in [5.41, 5.74) is 3.00. The maximum Gasteiger partial charge on any atom is 0.272 e. The van der Waals surface area contributed by atoms with Crippen molar-refractivity contribution >= 4 is 54.4 Å². The Morgan fingerprint density at radius 3 is 2.66 bits per heavy atom. The Kier molecular flexibility index (Phi) is 7.82. The van der Waals surface area contributed by atoms with Gasteiger partial charge in [0.05, 0.1) is 30.2 Å². The van der Waals surface area contributed by atoms with Crippen LogP contribution in [0.25, 0.3) is 11.1 Å². The molecule has 7 nitrogen and oxygen atoms in total. The van der Waals surface area contributed by atoms with Crippen molar-refractivity contribution in [2.24, 2.45) is 5.92 Å². The van der Waals surface area contributed by atoms with Crippen LogP contribution >= 0.6 is 37.1 Å². The standard InChI is InChI=1S/C24H21F4N5O2S3/c1-2-12-8-21(35-38-28)17(25)9-16(12)14-5-6-15(18(7-14)31-36-26)22(29)23-30-19-10-32(24(34)13-3-4-13)11-20(19)33(23)37-27/h5-9,13,29,31H,2-4,10-11H2,1H3. The number of hydrogen-bond donors (Lipinski definition) is 2. The SMILES string of the molecule is CCc1cc(OSF)c(F)cc1-c1ccc(C(=N)c2nc3c(n2SF)CN(C(=O)C2CC2)C3)c(NSF)c1. The van der Waals surface area contributed by atoms with Crippen LogP contribution in [-0.4, -0.2) is 25.5 Å². The molecule has 3 aromatic rings. The van der Waals surface area contributed by atoms with E-state index in [1.165, 1.54) is 16.1 Å². The number of rotatable bonds is 10. The predicted octanol–water partition coefficient (Wildman–Crippen LogP) is 7.16. The topological polar surface area (TPSA) is 83.2 Å². The molecule has 2 aromatic carbocycles. The number of fused-ring (bicyclic) bond motifs is 1. The molecular formula is C24H21F4N5O2S3. The zero-order valence-electron chi connectivity index (χ0n) is 19.9. The summed E-state index contributed by atoms with van der Waals surface area (Å²) < 4.78 is 62.8. The van der Waals surface area contributed by atoms with Gasteiger partial charge in [-0.15, -0.1) is 11.7 Å². The minimum absolute atomic E-state index is 0.0293. The van der Waals surface area contributed by atoms with Crippen LogP contribution in [0.5, 0.6) is 5.75 Å². The molecule has 0 radical (unpaired) electrons. The zero-order valence-corrected chi connectivity index (χ0v) is 22.3. The number of aryl methyl sites for hydroxylation is 1. The summed E-state index contributed by atoms with van der Waals surface area (Å²) in [6, 6.07) is 7.34. The number of anilines is 1. The minimum Gasteiger partial charge on any atom is -0.394 e. The lowest BCUT2D eigenvalue weighted by atomic mass is 9.95. The molecule has 2 aliphatic rings. The lowest BCUT2D eigenvalue weighted by Gasteiger charge is -2.17. The van der Waals surface area contributed by atoms with Crippen LogP contribution in [0.4, 0.5) is 21.7 Å². The highest BCUT2D eigenvalue weighted by molar-refractivity contribution is 7.95. The number of imidazole rings is 1. The Morgan fingerprint density at radius 1 is 1.21 bits per heavy atom. The maximum absolute atomic E-state index is 14.5. The van der Waals surface area contributed by atoms with Crippen LogP contribution in [0.3, 0.4) is 0 Å². The lowest BCUT2D eigenvalue weighted by Crippen LogP contribution is -2.27. The van der Waals surface area contributed by atoms with Crippen LogP contribution in [0.2, 0.25) is 0 Å². The molecular weight excluding hydrogens is 562 g/mol. The third-order valence-electron chi connectivity index (χ3n) is 6.63. The number of aromatic nitrogens is 2. The molecule has 0 saturated heterocycles. The van der Waals surface area contributed by atoms with Gasteiger partial charge in [0.15, 0.2) is 42.1 Å². The molecule has 2 N–H and O–H groups in total. The highest BCUT2D eigenvalue weighted by Crippen LogP contribution is 2.38. The van der Waals surface area contributed by atoms with Crippen LogP contribution in [-0.2, 0) is 24.3 Å². The van der Waals surface area contributed by atoms with Gasteiger partial charge < -0.3 is 13.8 Å². The summed E-state index contributed by atoms with van der Waals surface area (Å²) in [4.78, 5) is 18.5. The first-order chi connectivity index (χ1) is 18.4. The largest absolute Gasteiger partial charge is 0.394 e. The molecule has 0 atom stereocenters. The molecule has 1 saturated carbocycles. The van der Waals surface area contributed by atoms with Gasteiger partial charge in [0, 0.05) is 11.5 Å². The Morgan fingerprint density at radius 2 is 2.00 bits per heavy atom. The first-order valence-electron chi connectivity index (χ1n) is 11.6. The van der Waals surface area contributed by atoms with Crippen molar-refractivity contribution in [2.75, 3.05) is 4.72 Å². The summed E-state index contributed by atoms with van der Waals surface area (Å²) in [6.07, 6.45) is 2.21. The van der Waals surface area contributed by atoms with E-state index in [1.807, 2.05) is 6.92 Å². The van der Waals surface area contributed by atoms with E-state index in [2.05, 4.69) is 13.9 Å². The summed E-state index contributed by atoms with van der Waals surface area (Å²) in [5, 5.41) is 8.79. The van der Waals surface area contributed by atoms with Crippen LogP contribution < -0.4 is 8.91 Å². The molecule has 1 fully saturated rings. The van der Waals surface area contributed by atoms with E-state index < -0.39 is 18.2 Å². The molecule has 5 rings (SSSR count). The van der Waals surface area contributed by atoms with E-state index in [9.17, 15) is 20.8 Å². The first-order valence-corrected chi connectivity index (χ1v) is 13.7. The summed E-state index contributed by atoms with van der Waals surface area (Å²) in [5.74, 6) is -0.912. The van der Waals surface area contributed by atoms with Gasteiger partial charge in [0.25, 0.3) is 12.4 Å². The molecule has 0 spiro atoms. The van der Waals surface area contributed by atoms with E-state index >= 15 is 0 Å². The van der Waals surface area contributed by atoms with Crippen molar-refractivity contribution < 1.29 is 25.0 Å². The van der Waals surface area contributed by atoms with Gasteiger partial charge in [0.1, 0.15) is 5.71 Å². The minimum atomic E-state index is -0.765. The van der Waals surface area contributed by atoms with Crippen LogP contribution in [0.15, 0.2) is 30.3 Å². The number of carbonyl (C=O) groups excluding carboxylic acids is 1. The molecule has 1 amide bonds. The van der Waals surface area contributed by atoms with Crippen LogP contribution in [0, 0.1) is 17.1 Å². The Balaban J connectivity index is 1.48. The molecule has 1 aromatic heterocycles. The van der Waals surface area contributed by atoms with E-state index in [1.54, 1.807) is 23.1 Å². The quantitative estimate of drug-likeness (QED) is 0.113. The summed E-state index contributed by atoms with van der Waals surface area (Å²) in [6.45, 7) is 2.30.